The van der Waals surface area contributed by atoms with Gasteiger partial charge in [0.25, 0.3) is 5.56 Å². The van der Waals surface area contributed by atoms with Crippen LogP contribution in [0.3, 0.4) is 0 Å². The maximum absolute atomic E-state index is 13.5. The summed E-state index contributed by atoms with van der Waals surface area (Å²) in [6, 6.07) is 0. The third kappa shape index (κ3) is 7.87. The number of nitrogen functional groups attached to an aromatic ring is 3. The first kappa shape index (κ1) is 44.0. The highest BCUT2D eigenvalue weighted by atomic mass is 31.2. The summed E-state index contributed by atoms with van der Waals surface area (Å²) < 4.78 is 68.9. The van der Waals surface area contributed by atoms with Crippen LogP contribution < -0.4 is 22.8 Å². The van der Waals surface area contributed by atoms with E-state index in [2.05, 4.69) is 44.9 Å². The predicted octanol–water partition coefficient (Wildman–Crippen LogP) is -4.32. The number of nitrogens with one attached hydrogen (secondary N) is 1. The van der Waals surface area contributed by atoms with E-state index in [9.17, 15) is 49.2 Å². The lowest BCUT2D eigenvalue weighted by atomic mass is 10.1. The summed E-state index contributed by atoms with van der Waals surface area (Å²) in [6.07, 6.45) is -14.1. The van der Waals surface area contributed by atoms with Gasteiger partial charge in [0.1, 0.15) is 78.6 Å². The molecule has 0 radical (unpaired) electrons. The Bertz CT molecular complexity index is 2860. The van der Waals surface area contributed by atoms with Gasteiger partial charge in [0, 0.05) is 0 Å². The van der Waals surface area contributed by atoms with Crippen molar-refractivity contribution in [2.75, 3.05) is 37.0 Å². The van der Waals surface area contributed by atoms with Gasteiger partial charge in [0.2, 0.25) is 5.95 Å². The smallest absolute Gasteiger partial charge is 0.394 e. The summed E-state index contributed by atoms with van der Waals surface area (Å²) in [4.78, 5) is 68.4. The molecule has 0 saturated carbocycles. The Morgan fingerprint density at radius 3 is 1.62 bits per heavy atom. The van der Waals surface area contributed by atoms with Gasteiger partial charge in [-0.05, 0) is 0 Å². The van der Waals surface area contributed by atoms with Crippen molar-refractivity contribution in [1.29, 1.82) is 0 Å². The number of anilines is 3. The molecule has 0 bridgehead atoms. The molecule has 2 unspecified atom stereocenters. The van der Waals surface area contributed by atoms with E-state index in [1.165, 1.54) is 15.5 Å². The maximum Gasteiger partial charge on any atom is 0.472 e. The fourth-order valence-electron chi connectivity index (χ4n) is 7.48. The second-order valence-corrected chi connectivity index (χ2v) is 17.3. The Hall–Kier alpha value is -5.25. The number of phosphoric acid groups is 2. The number of aromatic nitrogens is 12. The number of ether oxygens (including phenoxy) is 3. The van der Waals surface area contributed by atoms with E-state index in [-0.39, 0.29) is 51.1 Å². The van der Waals surface area contributed by atoms with Crippen LogP contribution in [-0.4, -0.2) is 169 Å². The summed E-state index contributed by atoms with van der Waals surface area (Å²) in [5.41, 5.74) is 16.8. The molecule has 0 amide bonds. The molecule has 64 heavy (non-hydrogen) atoms. The zero-order chi connectivity index (χ0) is 45.4. The van der Waals surface area contributed by atoms with E-state index in [1.54, 1.807) is 0 Å². The lowest BCUT2D eigenvalue weighted by Gasteiger charge is -2.25. The summed E-state index contributed by atoms with van der Waals surface area (Å²) in [5, 5.41) is 54.5. The summed E-state index contributed by atoms with van der Waals surface area (Å²) in [6.45, 7) is -2.77. The number of nitrogens with two attached hydrogens (primary N) is 3. The van der Waals surface area contributed by atoms with E-state index in [1.807, 2.05) is 0 Å². The van der Waals surface area contributed by atoms with Gasteiger partial charge in [-0.15, -0.1) is 0 Å². The Morgan fingerprint density at radius 1 is 0.625 bits per heavy atom. The fraction of sp³-hybridized carbons (Fsp3) is 0.500. The highest BCUT2D eigenvalue weighted by Crippen LogP contribution is 2.52. The largest absolute Gasteiger partial charge is 0.472 e. The predicted molar refractivity (Wildman–Crippen MR) is 206 cm³/mol. The second-order valence-electron chi connectivity index (χ2n) is 14.5. The number of nitrogens with zero attached hydrogens (tertiary/aromatic N) is 11. The van der Waals surface area contributed by atoms with Crippen LogP contribution in [0.2, 0.25) is 0 Å². The first-order chi connectivity index (χ1) is 30.4. The zero-order valence-corrected chi connectivity index (χ0v) is 34.0. The Balaban J connectivity index is 0.912. The normalized spacial score (nSPS) is 31.6. The molecular weight excluding hydrogens is 904 g/mol. The highest BCUT2D eigenvalue weighted by molar-refractivity contribution is 7.47. The van der Waals surface area contributed by atoms with Gasteiger partial charge in [-0.1, -0.05) is 0 Å². The van der Waals surface area contributed by atoms with Crippen molar-refractivity contribution >= 4 is 66.7 Å². The highest BCUT2D eigenvalue weighted by Gasteiger charge is 2.53. The molecule has 32 nitrogen and oxygen atoms in total. The molecule has 3 aliphatic rings. The Labute approximate surface area is 354 Å². The number of phosphoric ester groups is 2. The second kappa shape index (κ2) is 16.6. The van der Waals surface area contributed by atoms with Gasteiger partial charge in [0.15, 0.2) is 52.8 Å². The van der Waals surface area contributed by atoms with E-state index >= 15 is 0 Å². The average Bonchev–Trinajstić information content (AvgIpc) is 4.11. The Morgan fingerprint density at radius 2 is 1.08 bits per heavy atom. The molecular formula is C30H37N15O17P2. The van der Waals surface area contributed by atoms with Crippen LogP contribution in [-0.2, 0) is 41.4 Å². The van der Waals surface area contributed by atoms with E-state index < -0.39 is 115 Å². The van der Waals surface area contributed by atoms with Gasteiger partial charge >= 0.3 is 15.6 Å². The number of aliphatic hydroxyl groups excluding tert-OH is 5. The van der Waals surface area contributed by atoms with Crippen LogP contribution in [0.5, 0.6) is 0 Å². The Kier molecular flexibility index (Phi) is 11.4. The number of hydrogen-bond donors (Lipinski definition) is 11. The monoisotopic (exact) mass is 941 g/mol. The number of aromatic amines is 1. The van der Waals surface area contributed by atoms with Crippen LogP contribution >= 0.6 is 15.6 Å². The molecule has 34 heteroatoms. The number of H-pyrrole nitrogens is 1. The van der Waals surface area contributed by atoms with E-state index in [0.29, 0.717) is 0 Å². The summed E-state index contributed by atoms with van der Waals surface area (Å²) in [5.74, 6) is -0.311. The third-order valence-corrected chi connectivity index (χ3v) is 12.5. The summed E-state index contributed by atoms with van der Waals surface area (Å²) >= 11 is 0. The van der Waals surface area contributed by atoms with Crippen molar-refractivity contribution < 1.29 is 76.8 Å². The molecule has 14 N–H and O–H groups in total. The number of aliphatic hydroxyl groups is 5. The topological polar surface area (TPSA) is 469 Å². The van der Waals surface area contributed by atoms with Crippen molar-refractivity contribution in [3.8, 4) is 0 Å². The molecule has 9 heterocycles. The lowest BCUT2D eigenvalue weighted by molar-refractivity contribution is -0.0618. The molecule has 6 aromatic rings. The molecule has 0 spiro atoms. The molecule has 3 saturated heterocycles. The van der Waals surface area contributed by atoms with Gasteiger partial charge in [-0.3, -0.25) is 41.6 Å². The van der Waals surface area contributed by atoms with Crippen LogP contribution in [0, 0.1) is 0 Å². The molecule has 9 rings (SSSR count). The number of fused-ring (bicyclic) bond motifs is 3. The minimum Gasteiger partial charge on any atom is -0.394 e. The van der Waals surface area contributed by atoms with Gasteiger partial charge in [-0.2, -0.15) is 4.98 Å². The number of rotatable bonds is 14. The van der Waals surface area contributed by atoms with Crippen LogP contribution in [0.1, 0.15) is 18.7 Å². The SMILES string of the molecule is Nc1nc2c(ncn2[C@@H]2O[C@H](CO)[C@@H](OP(=O)(O)OC[C@H]3O[C@@H](n4cnc5c(N)ncnc54)[C@H](O)[C@@H]3OP(=O)(O)OC[C@H]3O[C@@H](n4cnc5c(N)ncnc54)[C@H](O)[C@@H]3O)[C@H]2O)c(=O)[nH]1. The van der Waals surface area contributed by atoms with Crippen molar-refractivity contribution in [1.82, 2.24) is 58.6 Å². The van der Waals surface area contributed by atoms with Crippen molar-refractivity contribution in [2.24, 2.45) is 0 Å². The minimum absolute atomic E-state index is 0.0309. The van der Waals surface area contributed by atoms with Crippen LogP contribution in [0.15, 0.2) is 36.4 Å². The minimum atomic E-state index is -5.35. The van der Waals surface area contributed by atoms with Crippen LogP contribution in [0.25, 0.3) is 33.5 Å². The van der Waals surface area contributed by atoms with Crippen molar-refractivity contribution in [2.45, 2.75) is 73.6 Å². The summed E-state index contributed by atoms with van der Waals surface area (Å²) in [7, 11) is -10.7. The van der Waals surface area contributed by atoms with E-state index in [0.717, 1.165) is 29.9 Å². The third-order valence-electron chi connectivity index (χ3n) is 10.5. The van der Waals surface area contributed by atoms with Gasteiger partial charge in [-0.25, -0.2) is 44.0 Å². The maximum atomic E-state index is 13.5. The first-order valence-electron chi connectivity index (χ1n) is 18.6. The molecule has 3 aliphatic heterocycles. The zero-order valence-electron chi connectivity index (χ0n) is 32.2. The molecule has 0 aliphatic carbocycles. The quantitative estimate of drug-likeness (QED) is 0.0460. The average molecular weight is 942 g/mol. The number of hydrogen-bond acceptors (Lipinski definition) is 26. The molecule has 0 aromatic carbocycles. The molecule has 6 aromatic heterocycles. The van der Waals surface area contributed by atoms with Gasteiger partial charge in [0.05, 0.1) is 38.8 Å². The standard InChI is InChI=1S/C30H37N15O17P2/c31-21-12-23(36-4-34-21)43(6-38-12)27-16(48)15(47)10(59-27)2-56-63(52,53)62-20-11(60-28(18(20)50)44-7-39-13-22(32)35-5-37-24(13)44)3-57-64(54,55)61-19-9(1-46)58-29(17(19)49)45-8-40-14-25(45)41-30(33)42-26(14)51/h4-11,15-20,27-29,46-50H,1-3H2,(H,52,53)(H,54,55)(H2,31,34,36)(H2,32,35,37)(H3,33,41,42,51)/t9-,10-,11-,15-,16-,17-,18-,19-,20-,27-,28-,29-/m1/s1. The molecule has 344 valence electrons. The number of imidazole rings is 3. The van der Waals surface area contributed by atoms with E-state index in [4.69, 9.17) is 49.5 Å². The van der Waals surface area contributed by atoms with Crippen molar-refractivity contribution in [3.63, 3.8) is 0 Å². The van der Waals surface area contributed by atoms with Crippen LogP contribution in [0.4, 0.5) is 17.6 Å². The lowest BCUT2D eigenvalue weighted by Crippen LogP contribution is -2.37. The first-order valence-corrected chi connectivity index (χ1v) is 21.6. The molecule has 3 fully saturated rings. The molecule has 14 atom stereocenters. The van der Waals surface area contributed by atoms with Gasteiger partial charge < -0.3 is 66.7 Å². The fourth-order valence-corrected chi connectivity index (χ4v) is 9.41. The van der Waals surface area contributed by atoms with Crippen molar-refractivity contribution in [3.05, 3.63) is 42.0 Å².